The average molecular weight is 385 g/mol. The van der Waals surface area contributed by atoms with Crippen molar-refractivity contribution in [2.75, 3.05) is 11.9 Å². The summed E-state index contributed by atoms with van der Waals surface area (Å²) in [5, 5.41) is 7.80. The first-order valence-corrected chi connectivity index (χ1v) is 9.98. The van der Waals surface area contributed by atoms with Crippen LogP contribution in [0, 0.1) is 17.7 Å². The number of carbonyl (C=O) groups excluding carboxylic acids is 1. The van der Waals surface area contributed by atoms with Crippen molar-refractivity contribution < 1.29 is 9.18 Å². The Hall–Kier alpha value is -2.25. The summed E-state index contributed by atoms with van der Waals surface area (Å²) in [7, 11) is 0. The second kappa shape index (κ2) is 7.29. The van der Waals surface area contributed by atoms with E-state index in [4.69, 9.17) is 5.10 Å². The van der Waals surface area contributed by atoms with Crippen LogP contribution in [0.1, 0.15) is 45.7 Å². The number of fused-ring (bicyclic) bond motifs is 1. The zero-order valence-corrected chi connectivity index (χ0v) is 16.6. The summed E-state index contributed by atoms with van der Waals surface area (Å²) in [6.07, 6.45) is 3.09. The molecule has 3 unspecified atom stereocenters. The number of rotatable bonds is 3. The second-order valence-corrected chi connectivity index (χ2v) is 8.89. The third kappa shape index (κ3) is 3.69. The highest BCUT2D eigenvalue weighted by Gasteiger charge is 2.40. The molecule has 2 fully saturated rings. The number of hydrogen-bond acceptors (Lipinski definition) is 4. The minimum Gasteiger partial charge on any atom is -0.310 e. The first kappa shape index (κ1) is 19.1. The fourth-order valence-corrected chi connectivity index (χ4v) is 4.17. The monoisotopic (exact) mass is 385 g/mol. The van der Waals surface area contributed by atoms with Gasteiger partial charge in [-0.1, -0.05) is 27.2 Å². The molecule has 0 spiro atoms. The number of hydrazine groups is 1. The summed E-state index contributed by atoms with van der Waals surface area (Å²) in [6.45, 7) is 7.15. The largest absolute Gasteiger partial charge is 0.310 e. The van der Waals surface area contributed by atoms with Gasteiger partial charge < -0.3 is 5.32 Å². The van der Waals surface area contributed by atoms with Crippen molar-refractivity contribution in [2.24, 2.45) is 11.8 Å². The maximum atomic E-state index is 13.4. The van der Waals surface area contributed by atoms with Gasteiger partial charge in [0.2, 0.25) is 5.91 Å². The zero-order valence-electron chi connectivity index (χ0n) is 16.6. The van der Waals surface area contributed by atoms with Gasteiger partial charge in [-0.2, -0.15) is 5.10 Å². The van der Waals surface area contributed by atoms with Gasteiger partial charge >= 0.3 is 0 Å². The Morgan fingerprint density at radius 2 is 2.00 bits per heavy atom. The quantitative estimate of drug-likeness (QED) is 0.759. The molecule has 3 atom stereocenters. The van der Waals surface area contributed by atoms with Gasteiger partial charge in [0, 0.05) is 24.1 Å². The van der Waals surface area contributed by atoms with Gasteiger partial charge in [0.1, 0.15) is 11.6 Å². The van der Waals surface area contributed by atoms with Crippen molar-refractivity contribution in [3.8, 4) is 5.69 Å². The fraction of sp³-hybridized carbons (Fsp3) is 0.524. The first-order chi connectivity index (χ1) is 13.3. The Labute approximate surface area is 164 Å². The SMILES string of the molecule is CC(C)(C)c1cc(NC(=O)C2CCCC3CNNC32)n(-c2ccc(F)cc2)n1. The van der Waals surface area contributed by atoms with Crippen molar-refractivity contribution in [2.45, 2.75) is 51.5 Å². The average Bonchev–Trinajstić information content (AvgIpc) is 3.28. The number of nitrogens with one attached hydrogen (secondary N) is 3. The van der Waals surface area contributed by atoms with Crippen LogP contribution in [-0.2, 0) is 10.2 Å². The van der Waals surface area contributed by atoms with E-state index >= 15 is 0 Å². The number of nitrogens with zero attached hydrogens (tertiary/aromatic N) is 2. The third-order valence-corrected chi connectivity index (χ3v) is 5.80. The summed E-state index contributed by atoms with van der Waals surface area (Å²) in [5.41, 5.74) is 7.90. The molecule has 1 aliphatic heterocycles. The van der Waals surface area contributed by atoms with Crippen molar-refractivity contribution in [1.82, 2.24) is 20.6 Å². The van der Waals surface area contributed by atoms with Gasteiger partial charge in [0.15, 0.2) is 0 Å². The van der Waals surface area contributed by atoms with Crippen LogP contribution >= 0.6 is 0 Å². The van der Waals surface area contributed by atoms with Crippen LogP contribution in [0.2, 0.25) is 0 Å². The summed E-state index contributed by atoms with van der Waals surface area (Å²) < 4.78 is 15.1. The molecule has 1 saturated heterocycles. The van der Waals surface area contributed by atoms with E-state index in [2.05, 4.69) is 36.9 Å². The molecule has 3 N–H and O–H groups in total. The summed E-state index contributed by atoms with van der Waals surface area (Å²) in [5.74, 6) is 0.745. The minimum absolute atomic E-state index is 0.00891. The lowest BCUT2D eigenvalue weighted by Crippen LogP contribution is -2.46. The Morgan fingerprint density at radius 3 is 2.71 bits per heavy atom. The molecule has 2 heterocycles. The van der Waals surface area contributed by atoms with Crippen LogP contribution in [0.15, 0.2) is 30.3 Å². The van der Waals surface area contributed by atoms with Crippen molar-refractivity contribution in [3.05, 3.63) is 41.8 Å². The van der Waals surface area contributed by atoms with Crippen LogP contribution in [0.4, 0.5) is 10.2 Å². The van der Waals surface area contributed by atoms with Gasteiger partial charge in [-0.05, 0) is 43.0 Å². The molecule has 1 amide bonds. The molecule has 1 aromatic carbocycles. The molecule has 7 heteroatoms. The maximum Gasteiger partial charge on any atom is 0.230 e. The predicted octanol–water partition coefficient (Wildman–Crippen LogP) is 3.14. The van der Waals surface area contributed by atoms with Crippen LogP contribution in [-0.4, -0.2) is 28.3 Å². The third-order valence-electron chi connectivity index (χ3n) is 5.80. The van der Waals surface area contributed by atoms with Crippen LogP contribution < -0.4 is 16.2 Å². The van der Waals surface area contributed by atoms with Crippen LogP contribution in [0.3, 0.4) is 0 Å². The zero-order chi connectivity index (χ0) is 19.9. The highest BCUT2D eigenvalue weighted by molar-refractivity contribution is 5.92. The smallest absolute Gasteiger partial charge is 0.230 e. The molecule has 2 aromatic rings. The number of halogens is 1. The van der Waals surface area contributed by atoms with E-state index in [0.29, 0.717) is 11.7 Å². The molecule has 2 aliphatic rings. The summed E-state index contributed by atoms with van der Waals surface area (Å²) in [4.78, 5) is 13.1. The molecular weight excluding hydrogens is 357 g/mol. The van der Waals surface area contributed by atoms with E-state index in [9.17, 15) is 9.18 Å². The number of benzene rings is 1. The Morgan fingerprint density at radius 1 is 1.25 bits per heavy atom. The van der Waals surface area contributed by atoms with Crippen molar-refractivity contribution in [3.63, 3.8) is 0 Å². The Bertz CT molecular complexity index is 855. The number of carbonyl (C=O) groups is 1. The van der Waals surface area contributed by atoms with Gasteiger partial charge in [0.25, 0.3) is 0 Å². The van der Waals surface area contributed by atoms with Gasteiger partial charge in [-0.25, -0.2) is 9.07 Å². The highest BCUT2D eigenvalue weighted by Crippen LogP contribution is 2.33. The maximum absolute atomic E-state index is 13.4. The standard InChI is InChI=1S/C21H28FN5O/c1-21(2,3)17-11-18(27(26-17)15-9-7-14(22)8-10-15)24-20(28)16-6-4-5-13-12-23-25-19(13)16/h7-11,13,16,19,23,25H,4-6,12H2,1-3H3,(H,24,28). The van der Waals surface area contributed by atoms with Gasteiger partial charge in [0.05, 0.1) is 17.3 Å². The van der Waals surface area contributed by atoms with Gasteiger partial charge in [-0.15, -0.1) is 0 Å². The highest BCUT2D eigenvalue weighted by atomic mass is 19.1. The summed E-state index contributed by atoms with van der Waals surface area (Å²) in [6, 6.07) is 8.23. The molecule has 28 heavy (non-hydrogen) atoms. The van der Waals surface area contributed by atoms with E-state index < -0.39 is 0 Å². The Balaban J connectivity index is 1.63. The minimum atomic E-state index is -0.300. The predicted molar refractivity (Wildman–Crippen MR) is 107 cm³/mol. The van der Waals surface area contributed by atoms with E-state index in [1.165, 1.54) is 12.1 Å². The van der Waals surface area contributed by atoms with Crippen LogP contribution in [0.25, 0.3) is 5.69 Å². The normalized spacial score (nSPS) is 24.8. The molecule has 0 radical (unpaired) electrons. The molecule has 1 saturated carbocycles. The van der Waals surface area contributed by atoms with Gasteiger partial charge in [-0.3, -0.25) is 15.6 Å². The molecule has 1 aromatic heterocycles. The van der Waals surface area contributed by atoms with E-state index in [1.807, 2.05) is 6.07 Å². The lowest BCUT2D eigenvalue weighted by Gasteiger charge is -2.31. The number of aromatic nitrogens is 2. The van der Waals surface area contributed by atoms with E-state index in [1.54, 1.807) is 16.8 Å². The second-order valence-electron chi connectivity index (χ2n) is 8.89. The fourth-order valence-electron chi connectivity index (χ4n) is 4.17. The molecule has 0 bridgehead atoms. The first-order valence-electron chi connectivity index (χ1n) is 9.98. The van der Waals surface area contributed by atoms with E-state index in [0.717, 1.165) is 37.2 Å². The van der Waals surface area contributed by atoms with E-state index in [-0.39, 0.29) is 29.1 Å². The number of anilines is 1. The Kier molecular flexibility index (Phi) is 4.97. The number of amides is 1. The lowest BCUT2D eigenvalue weighted by atomic mass is 9.77. The van der Waals surface area contributed by atoms with Crippen molar-refractivity contribution in [1.29, 1.82) is 0 Å². The molecule has 6 nitrogen and oxygen atoms in total. The van der Waals surface area contributed by atoms with Crippen LogP contribution in [0.5, 0.6) is 0 Å². The molecule has 4 rings (SSSR count). The summed E-state index contributed by atoms with van der Waals surface area (Å²) >= 11 is 0. The lowest BCUT2D eigenvalue weighted by molar-refractivity contribution is -0.122. The molecule has 1 aliphatic carbocycles. The molecule has 150 valence electrons. The van der Waals surface area contributed by atoms with Crippen molar-refractivity contribution >= 4 is 11.7 Å². The topological polar surface area (TPSA) is 71.0 Å². The molecular formula is C21H28FN5O. The number of hydrogen-bond donors (Lipinski definition) is 3.